The van der Waals surface area contributed by atoms with Crippen molar-refractivity contribution < 1.29 is 10.2 Å². The van der Waals surface area contributed by atoms with Gasteiger partial charge in [-0.05, 0) is 39.9 Å². The van der Waals surface area contributed by atoms with Crippen molar-refractivity contribution in [2.24, 2.45) is 0 Å². The molecule has 0 radical (unpaired) electrons. The average Bonchev–Trinajstić information content (AvgIpc) is 2.51. The van der Waals surface area contributed by atoms with Gasteiger partial charge in [0.1, 0.15) is 0 Å². The fourth-order valence-corrected chi connectivity index (χ4v) is 2.18. The molecule has 0 spiro atoms. The summed E-state index contributed by atoms with van der Waals surface area (Å²) in [6.07, 6.45) is 0. The van der Waals surface area contributed by atoms with Gasteiger partial charge >= 0.3 is 0 Å². The lowest BCUT2D eigenvalue weighted by molar-refractivity contribution is 0.00254. The Kier molecular flexibility index (Phi) is 4.53. The molecular weight excluding hydrogens is 266 g/mol. The minimum absolute atomic E-state index is 0.229. The van der Waals surface area contributed by atoms with Gasteiger partial charge in [-0.25, -0.2) is 0 Å². The van der Waals surface area contributed by atoms with Gasteiger partial charge in [0.05, 0.1) is 16.0 Å². The third-order valence-corrected chi connectivity index (χ3v) is 3.35. The Balaban J connectivity index is 2.28. The predicted octanol–water partition coefficient (Wildman–Crippen LogP) is 1.34. The van der Waals surface area contributed by atoms with E-state index in [0.717, 1.165) is 3.79 Å². The van der Waals surface area contributed by atoms with Crippen LogP contribution in [0.3, 0.4) is 0 Å². The zero-order valence-corrected chi connectivity index (χ0v) is 10.4. The standard InChI is InChI=1S/C9H14BrNO2S/c1-9(13,6-12)5-11-3-7-2-8(10)14-4-7/h2,4,11-13H,3,5-6H2,1H3. The highest BCUT2D eigenvalue weighted by atomic mass is 79.9. The highest BCUT2D eigenvalue weighted by Crippen LogP contribution is 2.20. The van der Waals surface area contributed by atoms with Gasteiger partial charge in [0, 0.05) is 13.1 Å². The second-order valence-electron chi connectivity index (χ2n) is 3.52. The summed E-state index contributed by atoms with van der Waals surface area (Å²) in [4.78, 5) is 0. The van der Waals surface area contributed by atoms with Crippen molar-refractivity contribution in [3.8, 4) is 0 Å². The summed E-state index contributed by atoms with van der Waals surface area (Å²) < 4.78 is 1.10. The second kappa shape index (κ2) is 5.23. The van der Waals surface area contributed by atoms with E-state index in [1.165, 1.54) is 5.56 Å². The minimum atomic E-state index is -1.03. The van der Waals surface area contributed by atoms with Crippen LogP contribution in [0.1, 0.15) is 12.5 Å². The first-order valence-electron chi connectivity index (χ1n) is 4.30. The molecule has 1 heterocycles. The van der Waals surface area contributed by atoms with Gasteiger partial charge in [-0.2, -0.15) is 0 Å². The molecular formula is C9H14BrNO2S. The molecule has 5 heteroatoms. The van der Waals surface area contributed by atoms with Crippen molar-refractivity contribution >= 4 is 27.3 Å². The summed E-state index contributed by atoms with van der Waals surface area (Å²) in [5, 5.41) is 23.4. The monoisotopic (exact) mass is 279 g/mol. The quantitative estimate of drug-likeness (QED) is 0.763. The van der Waals surface area contributed by atoms with Crippen molar-refractivity contribution in [2.75, 3.05) is 13.2 Å². The number of thiophene rings is 1. The lowest BCUT2D eigenvalue weighted by Crippen LogP contribution is -2.40. The van der Waals surface area contributed by atoms with Crippen molar-refractivity contribution in [1.29, 1.82) is 0 Å². The van der Waals surface area contributed by atoms with E-state index in [-0.39, 0.29) is 6.61 Å². The van der Waals surface area contributed by atoms with Gasteiger partial charge in [0.25, 0.3) is 0 Å². The van der Waals surface area contributed by atoms with Crippen LogP contribution in [0, 0.1) is 0 Å². The van der Waals surface area contributed by atoms with Gasteiger partial charge in [0.2, 0.25) is 0 Å². The maximum atomic E-state index is 9.49. The van der Waals surface area contributed by atoms with Gasteiger partial charge in [-0.1, -0.05) is 0 Å². The average molecular weight is 280 g/mol. The molecule has 0 aliphatic carbocycles. The lowest BCUT2D eigenvalue weighted by Gasteiger charge is -2.20. The van der Waals surface area contributed by atoms with Gasteiger partial charge in [-0.15, -0.1) is 11.3 Å². The van der Waals surface area contributed by atoms with Crippen molar-refractivity contribution in [3.05, 3.63) is 20.8 Å². The molecule has 0 bridgehead atoms. The molecule has 0 saturated carbocycles. The third-order valence-electron chi connectivity index (χ3n) is 1.80. The molecule has 0 aliphatic heterocycles. The fourth-order valence-electron chi connectivity index (χ4n) is 0.971. The van der Waals surface area contributed by atoms with E-state index in [9.17, 15) is 5.11 Å². The van der Waals surface area contributed by atoms with Crippen LogP contribution in [0.2, 0.25) is 0 Å². The Morgan fingerprint density at radius 1 is 1.64 bits per heavy atom. The number of aliphatic hydroxyl groups is 2. The van der Waals surface area contributed by atoms with Crippen LogP contribution in [0.15, 0.2) is 15.2 Å². The SMILES string of the molecule is CC(O)(CO)CNCc1csc(Br)c1. The Bertz CT molecular complexity index is 288. The number of halogens is 1. The number of aliphatic hydroxyl groups excluding tert-OH is 1. The molecule has 1 unspecified atom stereocenters. The first-order valence-corrected chi connectivity index (χ1v) is 5.98. The lowest BCUT2D eigenvalue weighted by atomic mass is 10.1. The highest BCUT2D eigenvalue weighted by molar-refractivity contribution is 9.11. The topological polar surface area (TPSA) is 52.5 Å². The molecule has 1 atom stereocenters. The summed E-state index contributed by atoms with van der Waals surface area (Å²) in [5.41, 5.74) is 0.142. The molecule has 0 amide bonds. The number of nitrogens with one attached hydrogen (secondary N) is 1. The van der Waals surface area contributed by atoms with E-state index >= 15 is 0 Å². The molecule has 0 fully saturated rings. The van der Waals surface area contributed by atoms with E-state index in [0.29, 0.717) is 13.1 Å². The van der Waals surface area contributed by atoms with Crippen LogP contribution in [-0.2, 0) is 6.54 Å². The number of rotatable bonds is 5. The summed E-state index contributed by atoms with van der Waals surface area (Å²) in [6, 6.07) is 2.03. The summed E-state index contributed by atoms with van der Waals surface area (Å²) in [7, 11) is 0. The van der Waals surface area contributed by atoms with E-state index in [1.54, 1.807) is 18.3 Å². The predicted molar refractivity (Wildman–Crippen MR) is 61.4 cm³/mol. The first kappa shape index (κ1) is 12.1. The minimum Gasteiger partial charge on any atom is -0.393 e. The van der Waals surface area contributed by atoms with Crippen LogP contribution in [-0.4, -0.2) is 29.0 Å². The van der Waals surface area contributed by atoms with Gasteiger partial charge < -0.3 is 15.5 Å². The summed E-state index contributed by atoms with van der Waals surface area (Å²) >= 11 is 5.01. The Morgan fingerprint density at radius 2 is 2.36 bits per heavy atom. The largest absolute Gasteiger partial charge is 0.393 e. The van der Waals surface area contributed by atoms with E-state index < -0.39 is 5.60 Å². The normalized spacial score (nSPS) is 15.4. The van der Waals surface area contributed by atoms with Crippen LogP contribution in [0.25, 0.3) is 0 Å². The first-order chi connectivity index (χ1) is 6.53. The van der Waals surface area contributed by atoms with Crippen LogP contribution >= 0.6 is 27.3 Å². The molecule has 0 aromatic carbocycles. The molecule has 1 aromatic rings. The fraction of sp³-hybridized carbons (Fsp3) is 0.556. The smallest absolute Gasteiger partial charge is 0.0972 e. The van der Waals surface area contributed by atoms with Crippen LogP contribution in [0.4, 0.5) is 0 Å². The molecule has 1 rings (SSSR count). The molecule has 14 heavy (non-hydrogen) atoms. The highest BCUT2D eigenvalue weighted by Gasteiger charge is 2.17. The molecule has 80 valence electrons. The molecule has 0 saturated heterocycles. The van der Waals surface area contributed by atoms with E-state index in [4.69, 9.17) is 5.11 Å². The van der Waals surface area contributed by atoms with Crippen molar-refractivity contribution in [1.82, 2.24) is 5.32 Å². The number of hydrogen-bond donors (Lipinski definition) is 3. The molecule has 3 N–H and O–H groups in total. The zero-order valence-electron chi connectivity index (χ0n) is 7.96. The Hall–Kier alpha value is 0.0600. The molecule has 3 nitrogen and oxygen atoms in total. The summed E-state index contributed by atoms with van der Waals surface area (Å²) in [5.74, 6) is 0. The van der Waals surface area contributed by atoms with E-state index in [1.807, 2.05) is 11.4 Å². The zero-order chi connectivity index (χ0) is 10.6. The van der Waals surface area contributed by atoms with Gasteiger partial charge in [0.15, 0.2) is 0 Å². The molecule has 1 aromatic heterocycles. The number of hydrogen-bond acceptors (Lipinski definition) is 4. The van der Waals surface area contributed by atoms with Crippen molar-refractivity contribution in [2.45, 2.75) is 19.1 Å². The van der Waals surface area contributed by atoms with Crippen molar-refractivity contribution in [3.63, 3.8) is 0 Å². The van der Waals surface area contributed by atoms with Crippen LogP contribution in [0.5, 0.6) is 0 Å². The Morgan fingerprint density at radius 3 is 2.86 bits per heavy atom. The maximum absolute atomic E-state index is 9.49. The molecule has 0 aliphatic rings. The van der Waals surface area contributed by atoms with Gasteiger partial charge in [-0.3, -0.25) is 0 Å². The van der Waals surface area contributed by atoms with E-state index in [2.05, 4.69) is 21.2 Å². The second-order valence-corrected chi connectivity index (χ2v) is 5.81. The Labute approximate surface area is 95.9 Å². The maximum Gasteiger partial charge on any atom is 0.0972 e. The summed E-state index contributed by atoms with van der Waals surface area (Å²) in [6.45, 7) is 2.46. The van der Waals surface area contributed by atoms with Crippen LogP contribution < -0.4 is 5.32 Å². The third kappa shape index (κ3) is 4.06.